The van der Waals surface area contributed by atoms with E-state index in [9.17, 15) is 0 Å². The predicted molar refractivity (Wildman–Crippen MR) is 87.3 cm³/mol. The summed E-state index contributed by atoms with van der Waals surface area (Å²) in [5.74, 6) is 0.736. The Bertz CT molecular complexity index is 391. The van der Waals surface area contributed by atoms with Crippen LogP contribution < -0.4 is 5.32 Å². The van der Waals surface area contributed by atoms with Gasteiger partial charge >= 0.3 is 0 Å². The first kappa shape index (κ1) is 17.2. The molecule has 0 saturated carbocycles. The molecule has 0 spiro atoms. The molecular weight excluding hydrogens is 246 g/mol. The monoisotopic (exact) mass is 279 g/mol. The molecule has 0 atom stereocenters. The highest BCUT2D eigenvalue weighted by Crippen LogP contribution is 2.18. The third kappa shape index (κ3) is 4.93. The van der Waals surface area contributed by atoms with Gasteiger partial charge in [-0.1, -0.05) is 41.5 Å². The van der Waals surface area contributed by atoms with Crippen molar-refractivity contribution >= 4 is 0 Å². The molecule has 0 amide bonds. The molecule has 1 aromatic heterocycles. The van der Waals surface area contributed by atoms with Crippen LogP contribution in [-0.4, -0.2) is 22.4 Å². The van der Waals surface area contributed by atoms with Gasteiger partial charge in [0.2, 0.25) is 0 Å². The lowest BCUT2D eigenvalue weighted by Gasteiger charge is -2.11. The molecule has 1 heterocycles. The number of aromatic nitrogens is 2. The van der Waals surface area contributed by atoms with Crippen LogP contribution in [0.5, 0.6) is 0 Å². The second kappa shape index (κ2) is 8.46. The summed E-state index contributed by atoms with van der Waals surface area (Å²) < 4.78 is 2.27. The second-order valence-electron chi connectivity index (χ2n) is 6.34. The van der Waals surface area contributed by atoms with Crippen molar-refractivity contribution in [1.82, 2.24) is 15.1 Å². The Morgan fingerprint density at radius 3 is 2.30 bits per heavy atom. The SMILES string of the molecule is CCc1nn(CCC(C)C)c(CC)c1CCNC(C)C. The van der Waals surface area contributed by atoms with Gasteiger partial charge < -0.3 is 5.32 Å². The molecule has 1 N–H and O–H groups in total. The van der Waals surface area contributed by atoms with E-state index >= 15 is 0 Å². The minimum absolute atomic E-state index is 0.557. The van der Waals surface area contributed by atoms with Crippen LogP contribution in [0.3, 0.4) is 0 Å². The first-order chi connectivity index (χ1) is 9.49. The van der Waals surface area contributed by atoms with Crippen LogP contribution in [0.1, 0.15) is 64.9 Å². The smallest absolute Gasteiger partial charge is 0.0657 e. The van der Waals surface area contributed by atoms with Crippen LogP contribution in [0.4, 0.5) is 0 Å². The molecular formula is C17H33N3. The summed E-state index contributed by atoms with van der Waals surface area (Å²) in [6, 6.07) is 0.557. The van der Waals surface area contributed by atoms with Crippen LogP contribution in [0.15, 0.2) is 0 Å². The molecule has 3 heteroatoms. The number of rotatable bonds is 9. The standard InChI is InChI=1S/C17H33N3/c1-7-16-15(9-11-18-14(5)6)17(8-2)20(19-16)12-10-13(3)4/h13-14,18H,7-12H2,1-6H3. The first-order valence-electron chi connectivity index (χ1n) is 8.30. The third-order valence-electron chi connectivity index (χ3n) is 3.77. The summed E-state index contributed by atoms with van der Waals surface area (Å²) in [6.45, 7) is 15.5. The zero-order valence-corrected chi connectivity index (χ0v) is 14.3. The number of nitrogens with zero attached hydrogens (tertiary/aromatic N) is 2. The molecule has 0 aliphatic heterocycles. The van der Waals surface area contributed by atoms with E-state index < -0.39 is 0 Å². The van der Waals surface area contributed by atoms with Crippen molar-refractivity contribution < 1.29 is 0 Å². The number of nitrogens with one attached hydrogen (secondary N) is 1. The van der Waals surface area contributed by atoms with Gasteiger partial charge in [-0.2, -0.15) is 5.10 Å². The topological polar surface area (TPSA) is 29.9 Å². The molecule has 3 nitrogen and oxygen atoms in total. The molecule has 0 aromatic carbocycles. The van der Waals surface area contributed by atoms with Gasteiger partial charge in [0.05, 0.1) is 5.69 Å². The van der Waals surface area contributed by atoms with Crippen molar-refractivity contribution in [3.05, 3.63) is 17.0 Å². The van der Waals surface area contributed by atoms with E-state index in [0.29, 0.717) is 6.04 Å². The molecule has 0 bridgehead atoms. The highest BCUT2D eigenvalue weighted by Gasteiger charge is 2.15. The van der Waals surface area contributed by atoms with E-state index in [1.807, 2.05) is 0 Å². The maximum Gasteiger partial charge on any atom is 0.0657 e. The Hall–Kier alpha value is -0.830. The highest BCUT2D eigenvalue weighted by atomic mass is 15.3. The Morgan fingerprint density at radius 1 is 1.10 bits per heavy atom. The van der Waals surface area contributed by atoms with Gasteiger partial charge in [-0.05, 0) is 43.7 Å². The Balaban J connectivity index is 2.84. The van der Waals surface area contributed by atoms with Gasteiger partial charge in [-0.3, -0.25) is 4.68 Å². The fraction of sp³-hybridized carbons (Fsp3) is 0.824. The van der Waals surface area contributed by atoms with Crippen molar-refractivity contribution in [2.24, 2.45) is 5.92 Å². The summed E-state index contributed by atoms with van der Waals surface area (Å²) in [7, 11) is 0. The Labute approximate surface area is 125 Å². The molecule has 0 aliphatic carbocycles. The molecule has 116 valence electrons. The lowest BCUT2D eigenvalue weighted by Crippen LogP contribution is -2.25. The normalized spacial score (nSPS) is 11.8. The molecule has 1 rings (SSSR count). The quantitative estimate of drug-likeness (QED) is 0.748. The van der Waals surface area contributed by atoms with Crippen molar-refractivity contribution in [1.29, 1.82) is 0 Å². The maximum absolute atomic E-state index is 4.86. The molecule has 0 saturated heterocycles. The van der Waals surface area contributed by atoms with E-state index in [-0.39, 0.29) is 0 Å². The molecule has 0 unspecified atom stereocenters. The Morgan fingerprint density at radius 2 is 1.80 bits per heavy atom. The van der Waals surface area contributed by atoms with Crippen molar-refractivity contribution in [2.75, 3.05) is 6.54 Å². The fourth-order valence-electron chi connectivity index (χ4n) is 2.61. The van der Waals surface area contributed by atoms with Gasteiger partial charge in [0, 0.05) is 18.3 Å². The number of hydrogen-bond donors (Lipinski definition) is 1. The van der Waals surface area contributed by atoms with E-state index in [4.69, 9.17) is 5.10 Å². The zero-order valence-electron chi connectivity index (χ0n) is 14.3. The summed E-state index contributed by atoms with van der Waals surface area (Å²) in [4.78, 5) is 0. The van der Waals surface area contributed by atoms with Gasteiger partial charge in [0.15, 0.2) is 0 Å². The minimum Gasteiger partial charge on any atom is -0.314 e. The largest absolute Gasteiger partial charge is 0.314 e. The van der Waals surface area contributed by atoms with Crippen LogP contribution in [0.25, 0.3) is 0 Å². The van der Waals surface area contributed by atoms with E-state index in [1.54, 1.807) is 0 Å². The maximum atomic E-state index is 4.86. The zero-order chi connectivity index (χ0) is 15.1. The predicted octanol–water partition coefficient (Wildman–Crippen LogP) is 3.59. The molecule has 0 fully saturated rings. The summed E-state index contributed by atoms with van der Waals surface area (Å²) >= 11 is 0. The third-order valence-corrected chi connectivity index (χ3v) is 3.77. The van der Waals surface area contributed by atoms with Crippen LogP contribution in [-0.2, 0) is 25.8 Å². The lowest BCUT2D eigenvalue weighted by atomic mass is 10.1. The average Bonchev–Trinajstić information content (AvgIpc) is 2.73. The lowest BCUT2D eigenvalue weighted by molar-refractivity contribution is 0.474. The van der Waals surface area contributed by atoms with Crippen LogP contribution in [0.2, 0.25) is 0 Å². The van der Waals surface area contributed by atoms with Gasteiger partial charge in [0.25, 0.3) is 0 Å². The van der Waals surface area contributed by atoms with Crippen LogP contribution >= 0.6 is 0 Å². The van der Waals surface area contributed by atoms with Gasteiger partial charge in [0.1, 0.15) is 0 Å². The highest BCUT2D eigenvalue weighted by molar-refractivity contribution is 5.27. The van der Waals surface area contributed by atoms with E-state index in [1.165, 1.54) is 23.4 Å². The molecule has 0 radical (unpaired) electrons. The van der Waals surface area contributed by atoms with E-state index in [0.717, 1.165) is 38.3 Å². The van der Waals surface area contributed by atoms with Crippen molar-refractivity contribution in [2.45, 2.75) is 79.8 Å². The first-order valence-corrected chi connectivity index (χ1v) is 8.30. The number of hydrogen-bond acceptors (Lipinski definition) is 2. The molecule has 20 heavy (non-hydrogen) atoms. The molecule has 0 aliphatic rings. The van der Waals surface area contributed by atoms with E-state index in [2.05, 4.69) is 51.5 Å². The average molecular weight is 279 g/mol. The summed E-state index contributed by atoms with van der Waals surface area (Å²) in [5, 5.41) is 8.38. The second-order valence-corrected chi connectivity index (χ2v) is 6.34. The molecule has 1 aromatic rings. The minimum atomic E-state index is 0.557. The summed E-state index contributed by atoms with van der Waals surface area (Å²) in [5.41, 5.74) is 4.25. The van der Waals surface area contributed by atoms with Crippen molar-refractivity contribution in [3.8, 4) is 0 Å². The van der Waals surface area contributed by atoms with Gasteiger partial charge in [-0.15, -0.1) is 0 Å². The van der Waals surface area contributed by atoms with Crippen LogP contribution in [0, 0.1) is 5.92 Å². The Kier molecular flexibility index (Phi) is 7.28. The fourth-order valence-corrected chi connectivity index (χ4v) is 2.61. The van der Waals surface area contributed by atoms with Crippen molar-refractivity contribution in [3.63, 3.8) is 0 Å². The summed E-state index contributed by atoms with van der Waals surface area (Å²) in [6.07, 6.45) is 4.44. The number of aryl methyl sites for hydroxylation is 2. The van der Waals surface area contributed by atoms with Gasteiger partial charge in [-0.25, -0.2) is 0 Å².